The monoisotopic (exact) mass is 463 g/mol. The van der Waals surface area contributed by atoms with Crippen LogP contribution in [0.1, 0.15) is 68.2 Å². The van der Waals surface area contributed by atoms with E-state index < -0.39 is 0 Å². The summed E-state index contributed by atoms with van der Waals surface area (Å²) in [7, 11) is 0. The second-order valence-electron chi connectivity index (χ2n) is 9.30. The number of rotatable bonds is 5. The van der Waals surface area contributed by atoms with E-state index in [1.54, 1.807) is 6.20 Å². The van der Waals surface area contributed by atoms with Gasteiger partial charge in [-0.3, -0.25) is 4.79 Å². The van der Waals surface area contributed by atoms with E-state index in [0.29, 0.717) is 29.3 Å². The summed E-state index contributed by atoms with van der Waals surface area (Å²) in [6, 6.07) is 8.59. The van der Waals surface area contributed by atoms with Gasteiger partial charge in [0.25, 0.3) is 0 Å². The Morgan fingerprint density at radius 3 is 2.85 bits per heavy atom. The number of hydrogen-bond donors (Lipinski definition) is 2. The zero-order valence-electron chi connectivity index (χ0n) is 19.2. The van der Waals surface area contributed by atoms with E-state index in [-0.39, 0.29) is 30.0 Å². The molecular formula is C26H29N3O3S. The van der Waals surface area contributed by atoms with E-state index in [9.17, 15) is 9.90 Å². The summed E-state index contributed by atoms with van der Waals surface area (Å²) in [4.78, 5) is 23.7. The highest BCUT2D eigenvalue weighted by Gasteiger charge is 2.31. The lowest BCUT2D eigenvalue weighted by atomic mass is 9.91. The molecule has 2 aromatic heterocycles. The van der Waals surface area contributed by atoms with Crippen molar-refractivity contribution in [3.8, 4) is 0 Å². The summed E-state index contributed by atoms with van der Waals surface area (Å²) in [5, 5.41) is 13.5. The van der Waals surface area contributed by atoms with Crippen LogP contribution in [0.25, 0.3) is 0 Å². The quantitative estimate of drug-likeness (QED) is 0.537. The van der Waals surface area contributed by atoms with Gasteiger partial charge in [0.15, 0.2) is 0 Å². The van der Waals surface area contributed by atoms with Crippen LogP contribution >= 0.6 is 11.3 Å². The lowest BCUT2D eigenvalue weighted by Crippen LogP contribution is -2.20. The molecule has 1 fully saturated rings. The number of carbonyl (C=O) groups excluding carboxylic acids is 1. The van der Waals surface area contributed by atoms with Crippen molar-refractivity contribution < 1.29 is 14.6 Å². The number of ketones is 1. The van der Waals surface area contributed by atoms with Crippen molar-refractivity contribution in [1.29, 1.82) is 0 Å². The number of carbonyl (C=O) groups is 1. The molecule has 0 radical (unpaired) electrons. The van der Waals surface area contributed by atoms with Gasteiger partial charge in [-0.25, -0.2) is 9.97 Å². The smallest absolute Gasteiger partial charge is 0.208 e. The fourth-order valence-corrected chi connectivity index (χ4v) is 5.97. The van der Waals surface area contributed by atoms with Crippen molar-refractivity contribution in [2.45, 2.75) is 58.3 Å². The summed E-state index contributed by atoms with van der Waals surface area (Å²) < 4.78 is 6.19. The second kappa shape index (κ2) is 8.97. The number of aliphatic hydroxyl groups is 1. The number of fused-ring (bicyclic) bond motifs is 1. The normalized spacial score (nSPS) is 24.5. The highest BCUT2D eigenvalue weighted by Crippen LogP contribution is 2.39. The molecule has 172 valence electrons. The molecule has 4 atom stereocenters. The van der Waals surface area contributed by atoms with Crippen molar-refractivity contribution in [3.05, 3.63) is 74.4 Å². The topological polar surface area (TPSA) is 84.3 Å². The van der Waals surface area contributed by atoms with Gasteiger partial charge in [-0.05, 0) is 61.8 Å². The van der Waals surface area contributed by atoms with E-state index >= 15 is 0 Å². The van der Waals surface area contributed by atoms with Crippen LogP contribution in [0.4, 0.5) is 5.82 Å². The standard InChI is InChI=1S/C26H29N3O3S/c1-14-4-5-17-6-7-32-25(20(17)8-14)19-11-23(33-16(19)3)24(31)21-12-27-13-28-26(21)29-18-9-15(2)22(30)10-18/h4-5,8,11-13,15,18,22,25,30H,6-7,9-10H2,1-3H3,(H,27,28,29)/t15-,18-,22+,25+/m1/s1. The number of nitrogens with one attached hydrogen (secondary N) is 1. The first-order chi connectivity index (χ1) is 15.9. The average molecular weight is 464 g/mol. The van der Waals surface area contributed by atoms with Crippen molar-refractivity contribution in [3.63, 3.8) is 0 Å². The Hall–Kier alpha value is -2.61. The van der Waals surface area contributed by atoms with Crippen LogP contribution in [0, 0.1) is 19.8 Å². The molecule has 0 unspecified atom stereocenters. The number of thiophene rings is 1. The number of benzene rings is 1. The fraction of sp³-hybridized carbons (Fsp3) is 0.423. The highest BCUT2D eigenvalue weighted by molar-refractivity contribution is 7.14. The second-order valence-corrected chi connectivity index (χ2v) is 10.6. The zero-order valence-corrected chi connectivity index (χ0v) is 20.0. The minimum atomic E-state index is -0.326. The average Bonchev–Trinajstić information content (AvgIpc) is 3.34. The van der Waals surface area contributed by atoms with Gasteiger partial charge in [-0.1, -0.05) is 30.7 Å². The van der Waals surface area contributed by atoms with Crippen molar-refractivity contribution in [2.75, 3.05) is 11.9 Å². The molecule has 1 aliphatic heterocycles. The molecule has 1 aliphatic carbocycles. The van der Waals surface area contributed by atoms with E-state index in [2.05, 4.69) is 40.4 Å². The van der Waals surface area contributed by atoms with Gasteiger partial charge < -0.3 is 15.2 Å². The third kappa shape index (κ3) is 4.33. The van der Waals surface area contributed by atoms with Crippen molar-refractivity contribution in [2.24, 2.45) is 5.92 Å². The molecule has 3 heterocycles. The zero-order chi connectivity index (χ0) is 23.1. The molecule has 6 nitrogen and oxygen atoms in total. The van der Waals surface area contributed by atoms with Gasteiger partial charge in [0.05, 0.1) is 23.2 Å². The molecule has 5 rings (SSSR count). The Morgan fingerprint density at radius 1 is 1.21 bits per heavy atom. The van der Waals surface area contributed by atoms with Crippen LogP contribution < -0.4 is 5.32 Å². The minimum absolute atomic E-state index is 0.0902. The molecule has 33 heavy (non-hydrogen) atoms. The van der Waals surface area contributed by atoms with Crippen LogP contribution in [0.3, 0.4) is 0 Å². The summed E-state index contributed by atoms with van der Waals surface area (Å²) in [6.45, 7) is 6.86. The molecule has 0 bridgehead atoms. The third-order valence-corrected chi connectivity index (χ3v) is 7.90. The Labute approximate surface area is 198 Å². The minimum Gasteiger partial charge on any atom is -0.393 e. The third-order valence-electron chi connectivity index (χ3n) is 6.84. The van der Waals surface area contributed by atoms with E-state index in [0.717, 1.165) is 23.3 Å². The highest BCUT2D eigenvalue weighted by atomic mass is 32.1. The molecular weight excluding hydrogens is 434 g/mol. The van der Waals surface area contributed by atoms with Gasteiger partial charge >= 0.3 is 0 Å². The molecule has 1 aromatic carbocycles. The van der Waals surface area contributed by atoms with Crippen LogP contribution in [0.5, 0.6) is 0 Å². The lowest BCUT2D eigenvalue weighted by Gasteiger charge is -2.26. The van der Waals surface area contributed by atoms with E-state index in [1.807, 2.05) is 19.9 Å². The number of aromatic nitrogens is 2. The lowest BCUT2D eigenvalue weighted by molar-refractivity contribution is 0.0697. The van der Waals surface area contributed by atoms with Gasteiger partial charge in [0.2, 0.25) is 5.78 Å². The Kier molecular flexibility index (Phi) is 6.03. The Morgan fingerprint density at radius 2 is 2.06 bits per heavy atom. The SMILES string of the molecule is Cc1ccc2c(c1)[C@H](c1cc(C(=O)c3cncnc3N[C@@H]3C[C@@H](C)[C@@H](O)C3)sc1C)OCC2. The van der Waals surface area contributed by atoms with Crippen molar-refractivity contribution in [1.82, 2.24) is 9.97 Å². The van der Waals surface area contributed by atoms with Gasteiger partial charge in [-0.15, -0.1) is 11.3 Å². The molecule has 0 spiro atoms. The van der Waals surface area contributed by atoms with Crippen LogP contribution in [0.2, 0.25) is 0 Å². The first-order valence-electron chi connectivity index (χ1n) is 11.5. The van der Waals surface area contributed by atoms with Gasteiger partial charge in [-0.2, -0.15) is 0 Å². The maximum absolute atomic E-state index is 13.5. The van der Waals surface area contributed by atoms with E-state index in [4.69, 9.17) is 4.74 Å². The molecule has 0 amide bonds. The Balaban J connectivity index is 1.43. The van der Waals surface area contributed by atoms with Gasteiger partial charge in [0, 0.05) is 17.1 Å². The predicted molar refractivity (Wildman–Crippen MR) is 129 cm³/mol. The molecule has 2 N–H and O–H groups in total. The summed E-state index contributed by atoms with van der Waals surface area (Å²) in [6.07, 6.45) is 4.96. The summed E-state index contributed by atoms with van der Waals surface area (Å²) >= 11 is 1.49. The van der Waals surface area contributed by atoms with E-state index in [1.165, 1.54) is 34.4 Å². The molecule has 0 saturated heterocycles. The summed E-state index contributed by atoms with van der Waals surface area (Å²) in [5.74, 6) is 0.668. The number of aliphatic hydroxyl groups excluding tert-OH is 1. The van der Waals surface area contributed by atoms with Gasteiger partial charge in [0.1, 0.15) is 18.2 Å². The van der Waals surface area contributed by atoms with Crippen LogP contribution in [-0.2, 0) is 11.2 Å². The maximum atomic E-state index is 13.5. The summed E-state index contributed by atoms with van der Waals surface area (Å²) in [5.41, 5.74) is 5.22. The predicted octanol–water partition coefficient (Wildman–Crippen LogP) is 4.62. The Bertz CT molecular complexity index is 1180. The number of ether oxygens (including phenoxy) is 1. The first kappa shape index (κ1) is 22.2. The first-order valence-corrected chi connectivity index (χ1v) is 12.3. The molecule has 7 heteroatoms. The number of anilines is 1. The fourth-order valence-electron chi connectivity index (χ4n) is 4.97. The number of nitrogens with zero attached hydrogens (tertiary/aromatic N) is 2. The molecule has 3 aromatic rings. The molecule has 1 saturated carbocycles. The van der Waals surface area contributed by atoms with Crippen molar-refractivity contribution >= 4 is 22.9 Å². The maximum Gasteiger partial charge on any atom is 0.208 e. The number of hydrogen-bond acceptors (Lipinski definition) is 7. The van der Waals surface area contributed by atoms with Crippen LogP contribution in [-0.4, -0.2) is 39.6 Å². The molecule has 2 aliphatic rings. The number of aryl methyl sites for hydroxylation is 2. The largest absolute Gasteiger partial charge is 0.393 e. The van der Waals surface area contributed by atoms with Crippen LogP contribution in [0.15, 0.2) is 36.8 Å².